The molecule has 0 aliphatic carbocycles. The van der Waals surface area contributed by atoms with Crippen LogP contribution in [0.4, 0.5) is 5.69 Å². The van der Waals surface area contributed by atoms with E-state index in [0.717, 1.165) is 14.3 Å². The van der Waals surface area contributed by atoms with E-state index in [0.29, 0.717) is 27.8 Å². The van der Waals surface area contributed by atoms with Crippen molar-refractivity contribution >= 4 is 73.3 Å². The predicted molar refractivity (Wildman–Crippen MR) is 160 cm³/mol. The summed E-state index contributed by atoms with van der Waals surface area (Å²) in [5.74, 6) is -0.889. The van der Waals surface area contributed by atoms with Crippen LogP contribution in [-0.4, -0.2) is 44.3 Å². The molecular weight excluding hydrogens is 660 g/mol. The molecule has 3 aromatic rings. The number of nitrogens with one attached hydrogen (secondary N) is 1. The van der Waals surface area contributed by atoms with Gasteiger partial charge in [0, 0.05) is 16.7 Å². The predicted octanol–water partition coefficient (Wildman–Crippen LogP) is 5.74. The molecule has 202 valence electrons. The minimum Gasteiger partial charge on any atom is -0.354 e. The number of rotatable bonds is 11. The number of sulfonamides is 1. The highest BCUT2D eigenvalue weighted by Gasteiger charge is 2.32. The molecule has 0 fully saturated rings. The maximum Gasteiger partial charge on any atom is 0.264 e. The van der Waals surface area contributed by atoms with E-state index >= 15 is 0 Å². The number of hydrogen-bond acceptors (Lipinski definition) is 4. The minimum absolute atomic E-state index is 0.0301. The summed E-state index contributed by atoms with van der Waals surface area (Å²) in [4.78, 5) is 28.1. The molecule has 0 heterocycles. The van der Waals surface area contributed by atoms with Gasteiger partial charge in [-0.2, -0.15) is 0 Å². The number of halogens is 3. The third kappa shape index (κ3) is 7.62. The Morgan fingerprint density at radius 1 is 0.974 bits per heavy atom. The van der Waals surface area contributed by atoms with Crippen molar-refractivity contribution in [3.63, 3.8) is 0 Å². The van der Waals surface area contributed by atoms with E-state index in [1.54, 1.807) is 67.6 Å². The molecule has 2 amide bonds. The maximum absolute atomic E-state index is 13.8. The summed E-state index contributed by atoms with van der Waals surface area (Å²) in [6.07, 6.45) is 0.731. The Balaban J connectivity index is 2.01. The van der Waals surface area contributed by atoms with Crippen LogP contribution in [0.2, 0.25) is 10.0 Å². The summed E-state index contributed by atoms with van der Waals surface area (Å²) in [5, 5.41) is 3.48. The molecule has 0 aliphatic heterocycles. The third-order valence-electron chi connectivity index (χ3n) is 5.78. The SMILES string of the molecule is CCCNC(=O)C(C)N(Cc1ccc(Cl)c(Cl)c1)C(=O)CN(c1ccc(I)cc1)S(=O)(=O)c1ccccc1. The molecule has 7 nitrogen and oxygen atoms in total. The molecule has 0 saturated carbocycles. The fourth-order valence-corrected chi connectivity index (χ4v) is 5.78. The van der Waals surface area contributed by atoms with Gasteiger partial charge < -0.3 is 10.2 Å². The van der Waals surface area contributed by atoms with E-state index in [1.807, 2.05) is 6.92 Å². The van der Waals surface area contributed by atoms with E-state index in [1.165, 1.54) is 17.0 Å². The molecule has 0 aromatic heterocycles. The van der Waals surface area contributed by atoms with Gasteiger partial charge in [0.15, 0.2) is 0 Å². The molecule has 3 aromatic carbocycles. The normalized spacial score (nSPS) is 12.0. The zero-order valence-corrected chi connectivity index (χ0v) is 25.4. The quantitative estimate of drug-likeness (QED) is 0.261. The molecule has 0 aliphatic rings. The van der Waals surface area contributed by atoms with Gasteiger partial charge in [-0.3, -0.25) is 13.9 Å². The summed E-state index contributed by atoms with van der Waals surface area (Å²) in [6.45, 7) is 3.51. The number of nitrogens with zero attached hydrogens (tertiary/aromatic N) is 2. The Morgan fingerprint density at radius 2 is 1.63 bits per heavy atom. The first-order valence-corrected chi connectivity index (χ1v) is 15.2. The van der Waals surface area contributed by atoms with Crippen LogP contribution in [0.3, 0.4) is 0 Å². The lowest BCUT2D eigenvalue weighted by Crippen LogP contribution is -2.51. The molecule has 11 heteroatoms. The molecule has 1 atom stereocenters. The first-order valence-electron chi connectivity index (χ1n) is 11.9. The molecule has 3 rings (SSSR count). The average molecular weight is 688 g/mol. The molecule has 1 unspecified atom stereocenters. The van der Waals surface area contributed by atoms with Gasteiger partial charge in [-0.15, -0.1) is 0 Å². The summed E-state index contributed by atoms with van der Waals surface area (Å²) in [6, 6.07) is 18.8. The van der Waals surface area contributed by atoms with Crippen molar-refractivity contribution in [2.24, 2.45) is 0 Å². The number of anilines is 1. The third-order valence-corrected chi connectivity index (χ3v) is 9.02. The lowest BCUT2D eigenvalue weighted by atomic mass is 10.1. The summed E-state index contributed by atoms with van der Waals surface area (Å²) >= 11 is 14.4. The maximum atomic E-state index is 13.8. The zero-order chi connectivity index (χ0) is 27.9. The lowest BCUT2D eigenvalue weighted by Gasteiger charge is -2.32. The second-order valence-electron chi connectivity index (χ2n) is 8.54. The van der Waals surface area contributed by atoms with Crippen molar-refractivity contribution in [2.75, 3.05) is 17.4 Å². The number of amides is 2. The van der Waals surface area contributed by atoms with Gasteiger partial charge in [-0.05, 0) is 90.0 Å². The van der Waals surface area contributed by atoms with Gasteiger partial charge in [-0.1, -0.05) is 54.4 Å². The zero-order valence-electron chi connectivity index (χ0n) is 20.9. The van der Waals surface area contributed by atoms with Crippen LogP contribution in [0.1, 0.15) is 25.8 Å². The highest BCUT2D eigenvalue weighted by molar-refractivity contribution is 14.1. The van der Waals surface area contributed by atoms with Crippen molar-refractivity contribution in [1.82, 2.24) is 10.2 Å². The van der Waals surface area contributed by atoms with Crippen LogP contribution in [0, 0.1) is 3.57 Å². The average Bonchev–Trinajstić information content (AvgIpc) is 2.91. The fourth-order valence-electron chi connectivity index (χ4n) is 3.67. The topological polar surface area (TPSA) is 86.8 Å². The molecular formula is C27H28Cl2IN3O4S. The Hall–Kier alpha value is -2.34. The molecule has 0 bridgehead atoms. The van der Waals surface area contributed by atoms with Gasteiger partial charge in [-0.25, -0.2) is 8.42 Å². The van der Waals surface area contributed by atoms with Crippen molar-refractivity contribution in [2.45, 2.75) is 37.8 Å². The highest BCUT2D eigenvalue weighted by Crippen LogP contribution is 2.26. The number of benzene rings is 3. The van der Waals surface area contributed by atoms with E-state index in [2.05, 4.69) is 27.9 Å². The summed E-state index contributed by atoms with van der Waals surface area (Å²) in [7, 11) is -4.10. The lowest BCUT2D eigenvalue weighted by molar-refractivity contribution is -0.139. The fraction of sp³-hybridized carbons (Fsp3) is 0.259. The highest BCUT2D eigenvalue weighted by atomic mass is 127. The second kappa shape index (κ2) is 13.6. The van der Waals surface area contributed by atoms with Crippen molar-refractivity contribution in [3.05, 3.63) is 92.0 Å². The van der Waals surface area contributed by atoms with E-state index in [-0.39, 0.29) is 17.3 Å². The smallest absolute Gasteiger partial charge is 0.264 e. The number of carbonyl (C=O) groups is 2. The van der Waals surface area contributed by atoms with E-state index < -0.39 is 28.5 Å². The number of hydrogen-bond donors (Lipinski definition) is 1. The first kappa shape index (κ1) is 30.2. The number of carbonyl (C=O) groups excluding carboxylic acids is 2. The molecule has 0 saturated heterocycles. The van der Waals surface area contributed by atoms with Crippen LogP contribution < -0.4 is 9.62 Å². The van der Waals surface area contributed by atoms with E-state index in [9.17, 15) is 18.0 Å². The van der Waals surface area contributed by atoms with Crippen molar-refractivity contribution in [3.8, 4) is 0 Å². The largest absolute Gasteiger partial charge is 0.354 e. The molecule has 0 spiro atoms. The molecule has 1 N–H and O–H groups in total. The Morgan fingerprint density at radius 3 is 2.24 bits per heavy atom. The van der Waals surface area contributed by atoms with Gasteiger partial charge in [0.25, 0.3) is 10.0 Å². The molecule has 0 radical (unpaired) electrons. The second-order valence-corrected chi connectivity index (χ2v) is 12.5. The van der Waals surface area contributed by atoms with Crippen molar-refractivity contribution in [1.29, 1.82) is 0 Å². The van der Waals surface area contributed by atoms with Crippen LogP contribution in [0.5, 0.6) is 0 Å². The van der Waals surface area contributed by atoms with Crippen LogP contribution >= 0.6 is 45.8 Å². The van der Waals surface area contributed by atoms with Crippen molar-refractivity contribution < 1.29 is 18.0 Å². The summed E-state index contributed by atoms with van der Waals surface area (Å²) in [5.41, 5.74) is 0.981. The Labute approximate surface area is 247 Å². The van der Waals surface area contributed by atoms with Crippen LogP contribution in [-0.2, 0) is 26.2 Å². The summed E-state index contributed by atoms with van der Waals surface area (Å²) < 4.78 is 29.4. The van der Waals surface area contributed by atoms with Gasteiger partial charge >= 0.3 is 0 Å². The first-order chi connectivity index (χ1) is 18.0. The monoisotopic (exact) mass is 687 g/mol. The van der Waals surface area contributed by atoms with Gasteiger partial charge in [0.1, 0.15) is 12.6 Å². The standard InChI is InChI=1S/C27H28Cl2IN3O4S/c1-3-15-31-27(35)19(2)32(17-20-9-14-24(28)25(29)16-20)26(34)18-33(22-12-10-21(30)11-13-22)38(36,37)23-7-5-4-6-8-23/h4-14,16,19H,3,15,17-18H2,1-2H3,(H,31,35). The Bertz CT molecular complexity index is 1370. The Kier molecular flexibility index (Phi) is 10.8. The minimum atomic E-state index is -4.10. The van der Waals surface area contributed by atoms with Crippen LogP contribution in [0.15, 0.2) is 77.7 Å². The van der Waals surface area contributed by atoms with Crippen LogP contribution in [0.25, 0.3) is 0 Å². The van der Waals surface area contributed by atoms with Gasteiger partial charge in [0.05, 0.1) is 20.6 Å². The molecule has 38 heavy (non-hydrogen) atoms. The van der Waals surface area contributed by atoms with Gasteiger partial charge in [0.2, 0.25) is 11.8 Å². The van der Waals surface area contributed by atoms with E-state index in [4.69, 9.17) is 23.2 Å².